The highest BCUT2D eigenvalue weighted by atomic mass is 16.6. The first-order valence-corrected chi connectivity index (χ1v) is 7.52. The first-order chi connectivity index (χ1) is 11.5. The fourth-order valence-corrected chi connectivity index (χ4v) is 2.55. The van der Waals surface area contributed by atoms with Crippen LogP contribution in [0.3, 0.4) is 0 Å². The van der Waals surface area contributed by atoms with E-state index in [4.69, 9.17) is 20.1 Å². The molecule has 9 atom stereocenters. The van der Waals surface area contributed by atoms with E-state index in [1.165, 1.54) is 0 Å². The lowest BCUT2D eigenvalue weighted by Crippen LogP contribution is -2.65. The van der Waals surface area contributed by atoms with Crippen molar-refractivity contribution in [1.82, 2.24) is 0 Å². The fourth-order valence-electron chi connectivity index (χ4n) is 2.55. The largest absolute Gasteiger partial charge is 0.394 e. The van der Waals surface area contributed by atoms with E-state index in [-0.39, 0.29) is 0 Å². The van der Waals surface area contributed by atoms with Gasteiger partial charge < -0.3 is 60.9 Å². The van der Waals surface area contributed by atoms with Crippen LogP contribution in [-0.2, 0) is 4.74 Å². The summed E-state index contributed by atoms with van der Waals surface area (Å²) in [5.74, 6) is 0. The van der Waals surface area contributed by atoms with Crippen molar-refractivity contribution in [1.29, 1.82) is 0 Å². The summed E-state index contributed by atoms with van der Waals surface area (Å²) in [7, 11) is 0. The van der Waals surface area contributed by atoms with Gasteiger partial charge in [-0.15, -0.1) is 0 Å². The summed E-state index contributed by atoms with van der Waals surface area (Å²) >= 11 is 0. The van der Waals surface area contributed by atoms with Crippen LogP contribution in [0.1, 0.15) is 0 Å². The van der Waals surface area contributed by atoms with Gasteiger partial charge in [0.15, 0.2) is 0 Å². The maximum atomic E-state index is 10.1. The van der Waals surface area contributed by atoms with Gasteiger partial charge in [-0.3, -0.25) is 0 Å². The minimum atomic E-state index is -2.59. The summed E-state index contributed by atoms with van der Waals surface area (Å²) in [6.07, 6.45) is -17.6. The van der Waals surface area contributed by atoms with E-state index < -0.39 is 80.4 Å². The molecular weight excluding hydrogens is 348 g/mol. The van der Waals surface area contributed by atoms with E-state index in [1.54, 1.807) is 0 Å². The van der Waals surface area contributed by atoms with Crippen LogP contribution in [0.15, 0.2) is 0 Å². The molecule has 25 heavy (non-hydrogen) atoms. The van der Waals surface area contributed by atoms with Crippen molar-refractivity contribution in [3.63, 3.8) is 0 Å². The molecule has 1 rings (SSSR count). The second-order valence-electron chi connectivity index (χ2n) is 6.13. The summed E-state index contributed by atoms with van der Waals surface area (Å²) in [5.41, 5.74) is -2.59. The van der Waals surface area contributed by atoms with Crippen molar-refractivity contribution >= 4 is 0 Å². The normalized spacial score (nSPS) is 35.9. The van der Waals surface area contributed by atoms with E-state index in [0.29, 0.717) is 0 Å². The third kappa shape index (κ3) is 4.44. The minimum absolute atomic E-state index is 0.787. The van der Waals surface area contributed by atoms with Gasteiger partial charge in [-0.1, -0.05) is 0 Å². The lowest BCUT2D eigenvalue weighted by Gasteiger charge is -2.44. The molecule has 0 aromatic rings. The Morgan fingerprint density at radius 1 is 0.800 bits per heavy atom. The van der Waals surface area contributed by atoms with Gasteiger partial charge in [-0.2, -0.15) is 0 Å². The molecule has 0 aliphatic carbocycles. The lowest BCUT2D eigenvalue weighted by atomic mass is 9.85. The SMILES string of the molecule is OC[C@H]1OC(C(O)[C@H](O)[C@@H](O)[C@H](O)C(O)(CO)CO)[C@H](O)[C@@H](O)[C@H]1O. The standard InChI is InChI=1S/C13H26O12/c14-1-4-5(17)6(18)8(20)11(25-4)9(21)7(19)10(22)12(23)13(24,2-15)3-16/h4-12,14-24H,1-3H2/t4-,5+,6+,7+,8-,9?,10-,11?,12+/m1/s1. The number of ether oxygens (including phenoxy) is 1. The van der Waals surface area contributed by atoms with Crippen molar-refractivity contribution in [2.75, 3.05) is 19.8 Å². The molecule has 1 heterocycles. The molecule has 1 fully saturated rings. The van der Waals surface area contributed by atoms with Gasteiger partial charge in [-0.05, 0) is 0 Å². The van der Waals surface area contributed by atoms with Crippen molar-refractivity contribution < 1.29 is 60.9 Å². The second-order valence-corrected chi connectivity index (χ2v) is 6.13. The van der Waals surface area contributed by atoms with Gasteiger partial charge in [0, 0.05) is 0 Å². The Labute approximate surface area is 142 Å². The molecule has 1 aliphatic heterocycles. The summed E-state index contributed by atoms with van der Waals surface area (Å²) in [5, 5.41) is 106. The Morgan fingerprint density at radius 3 is 1.76 bits per heavy atom. The molecule has 0 radical (unpaired) electrons. The van der Waals surface area contributed by atoms with Crippen LogP contribution in [0.5, 0.6) is 0 Å². The quantitative estimate of drug-likeness (QED) is 0.190. The van der Waals surface area contributed by atoms with E-state index in [0.717, 1.165) is 0 Å². The fraction of sp³-hybridized carbons (Fsp3) is 1.00. The summed E-state index contributed by atoms with van der Waals surface area (Å²) in [4.78, 5) is 0. The zero-order chi connectivity index (χ0) is 19.5. The molecule has 150 valence electrons. The van der Waals surface area contributed by atoms with Crippen molar-refractivity contribution in [3.8, 4) is 0 Å². The Bertz CT molecular complexity index is 402. The van der Waals surface area contributed by atoms with Gasteiger partial charge in [-0.25, -0.2) is 0 Å². The predicted molar refractivity (Wildman–Crippen MR) is 76.9 cm³/mol. The van der Waals surface area contributed by atoms with Crippen molar-refractivity contribution in [3.05, 3.63) is 0 Å². The molecular formula is C13H26O12. The highest BCUT2D eigenvalue weighted by molar-refractivity contribution is 5.00. The third-order valence-electron chi connectivity index (χ3n) is 4.39. The molecule has 0 amide bonds. The van der Waals surface area contributed by atoms with Gasteiger partial charge in [0.1, 0.15) is 60.5 Å². The monoisotopic (exact) mass is 374 g/mol. The van der Waals surface area contributed by atoms with Gasteiger partial charge >= 0.3 is 0 Å². The smallest absolute Gasteiger partial charge is 0.139 e. The first kappa shape index (κ1) is 22.6. The van der Waals surface area contributed by atoms with E-state index in [1.807, 2.05) is 0 Å². The average Bonchev–Trinajstić information content (AvgIpc) is 2.63. The number of aliphatic hydroxyl groups excluding tert-OH is 10. The highest BCUT2D eigenvalue weighted by Crippen LogP contribution is 2.26. The number of hydrogen-bond acceptors (Lipinski definition) is 12. The van der Waals surface area contributed by atoms with E-state index in [2.05, 4.69) is 0 Å². The van der Waals surface area contributed by atoms with Crippen LogP contribution in [0.25, 0.3) is 0 Å². The van der Waals surface area contributed by atoms with Crippen molar-refractivity contribution in [2.45, 2.75) is 60.5 Å². The maximum absolute atomic E-state index is 10.1. The van der Waals surface area contributed by atoms with Gasteiger partial charge in [0.05, 0.1) is 19.8 Å². The highest BCUT2D eigenvalue weighted by Gasteiger charge is 2.50. The molecule has 1 aliphatic rings. The molecule has 0 saturated carbocycles. The minimum Gasteiger partial charge on any atom is -0.394 e. The molecule has 11 N–H and O–H groups in total. The van der Waals surface area contributed by atoms with Crippen LogP contribution in [-0.4, -0.2) is 137 Å². The average molecular weight is 374 g/mol. The number of rotatable bonds is 8. The zero-order valence-corrected chi connectivity index (χ0v) is 13.1. The molecule has 12 heteroatoms. The van der Waals surface area contributed by atoms with E-state index in [9.17, 15) is 40.9 Å². The van der Waals surface area contributed by atoms with Crippen LogP contribution < -0.4 is 0 Å². The summed E-state index contributed by atoms with van der Waals surface area (Å²) in [6.45, 7) is -3.14. The van der Waals surface area contributed by atoms with E-state index >= 15 is 0 Å². The Hall–Kier alpha value is -0.480. The lowest BCUT2D eigenvalue weighted by molar-refractivity contribution is -0.267. The Morgan fingerprint density at radius 2 is 1.32 bits per heavy atom. The van der Waals surface area contributed by atoms with Crippen LogP contribution in [0.2, 0.25) is 0 Å². The summed E-state index contributed by atoms with van der Waals surface area (Å²) in [6, 6.07) is 0. The van der Waals surface area contributed by atoms with Gasteiger partial charge in [0.2, 0.25) is 0 Å². The molecule has 0 spiro atoms. The number of hydrogen-bond donors (Lipinski definition) is 11. The van der Waals surface area contributed by atoms with Crippen LogP contribution in [0.4, 0.5) is 0 Å². The molecule has 0 bridgehead atoms. The second kappa shape index (κ2) is 8.94. The van der Waals surface area contributed by atoms with Crippen LogP contribution >= 0.6 is 0 Å². The maximum Gasteiger partial charge on any atom is 0.139 e. The Balaban J connectivity index is 2.91. The van der Waals surface area contributed by atoms with Crippen LogP contribution in [0, 0.1) is 0 Å². The molecule has 2 unspecified atom stereocenters. The zero-order valence-electron chi connectivity index (χ0n) is 13.1. The Kier molecular flexibility index (Phi) is 8.07. The number of aliphatic hydroxyl groups is 11. The third-order valence-corrected chi connectivity index (χ3v) is 4.39. The van der Waals surface area contributed by atoms with Gasteiger partial charge in [0.25, 0.3) is 0 Å². The predicted octanol–water partition coefficient (Wildman–Crippen LogP) is -7.01. The molecule has 0 aromatic heterocycles. The molecule has 12 nitrogen and oxygen atoms in total. The molecule has 1 saturated heterocycles. The van der Waals surface area contributed by atoms with Crippen molar-refractivity contribution in [2.24, 2.45) is 0 Å². The summed E-state index contributed by atoms with van der Waals surface area (Å²) < 4.78 is 5.01. The molecule has 0 aromatic carbocycles. The first-order valence-electron chi connectivity index (χ1n) is 7.52. The topological polar surface area (TPSA) is 232 Å².